The molecule has 2 heterocycles. The van der Waals surface area contributed by atoms with Crippen molar-refractivity contribution in [1.29, 1.82) is 0 Å². The Bertz CT molecular complexity index is 745. The Hall–Kier alpha value is -1.67. The molecule has 1 N–H and O–H groups in total. The lowest BCUT2D eigenvalue weighted by atomic mass is 10.1. The maximum absolute atomic E-state index is 12.7. The van der Waals surface area contributed by atoms with Crippen molar-refractivity contribution in [2.75, 3.05) is 45.9 Å². The molecule has 164 valence electrons. The van der Waals surface area contributed by atoms with E-state index < -0.39 is 0 Å². The van der Waals surface area contributed by atoms with Crippen LogP contribution in [-0.4, -0.2) is 72.9 Å². The molecule has 7 heteroatoms. The van der Waals surface area contributed by atoms with E-state index in [1.54, 1.807) is 0 Å². The van der Waals surface area contributed by atoms with Gasteiger partial charge in [0.25, 0.3) is 11.1 Å². The molecule has 1 unspecified atom stereocenters. The molecule has 2 amide bonds. The number of carbonyl (C=O) groups is 2. The van der Waals surface area contributed by atoms with Crippen LogP contribution in [0.5, 0.6) is 0 Å². The summed E-state index contributed by atoms with van der Waals surface area (Å²) in [5.41, 5.74) is 2.21. The summed E-state index contributed by atoms with van der Waals surface area (Å²) in [4.78, 5) is 29.3. The first-order valence-corrected chi connectivity index (χ1v) is 11.8. The summed E-state index contributed by atoms with van der Waals surface area (Å²) in [7, 11) is 0. The van der Waals surface area contributed by atoms with E-state index >= 15 is 0 Å². The van der Waals surface area contributed by atoms with Crippen molar-refractivity contribution < 1.29 is 14.3 Å². The summed E-state index contributed by atoms with van der Waals surface area (Å²) in [6, 6.07) is 8.37. The zero-order valence-corrected chi connectivity index (χ0v) is 18.9. The van der Waals surface area contributed by atoms with Crippen LogP contribution in [0.2, 0.25) is 0 Å². The predicted octanol–water partition coefficient (Wildman–Crippen LogP) is 3.38. The molecule has 1 atom stereocenters. The lowest BCUT2D eigenvalue weighted by molar-refractivity contribution is -0.122. The number of thioether (sulfide) groups is 1. The van der Waals surface area contributed by atoms with Gasteiger partial charge in [-0.2, -0.15) is 0 Å². The molecular weight excluding hydrogens is 398 g/mol. The molecule has 2 aliphatic rings. The van der Waals surface area contributed by atoms with E-state index in [1.165, 1.54) is 10.5 Å². The Kier molecular flexibility index (Phi) is 8.93. The van der Waals surface area contributed by atoms with Crippen molar-refractivity contribution in [1.82, 2.24) is 15.1 Å². The Morgan fingerprint density at radius 1 is 1.17 bits per heavy atom. The van der Waals surface area contributed by atoms with Crippen LogP contribution in [0.3, 0.4) is 0 Å². The minimum absolute atomic E-state index is 0.170. The van der Waals surface area contributed by atoms with E-state index in [1.807, 2.05) is 18.2 Å². The van der Waals surface area contributed by atoms with Gasteiger partial charge in [-0.15, -0.1) is 0 Å². The second-order valence-corrected chi connectivity index (χ2v) is 8.87. The minimum Gasteiger partial charge on any atom is -0.379 e. The maximum atomic E-state index is 12.7. The summed E-state index contributed by atoms with van der Waals surface area (Å²) < 4.78 is 5.37. The smallest absolute Gasteiger partial charge is 0.293 e. The number of nitrogens with zero attached hydrogens (tertiary/aromatic N) is 2. The molecule has 0 bridgehead atoms. The number of carbonyl (C=O) groups excluding carboxylic acids is 2. The quantitative estimate of drug-likeness (QED) is 0.453. The van der Waals surface area contributed by atoms with Crippen molar-refractivity contribution in [3.63, 3.8) is 0 Å². The lowest BCUT2D eigenvalue weighted by Crippen LogP contribution is -2.39. The summed E-state index contributed by atoms with van der Waals surface area (Å²) >= 11 is 1.04. The second-order valence-electron chi connectivity index (χ2n) is 7.88. The largest absolute Gasteiger partial charge is 0.379 e. The third kappa shape index (κ3) is 6.67. The topological polar surface area (TPSA) is 61.9 Å². The molecule has 0 spiro atoms. The van der Waals surface area contributed by atoms with Crippen LogP contribution < -0.4 is 5.32 Å². The zero-order valence-electron chi connectivity index (χ0n) is 18.1. The lowest BCUT2D eigenvalue weighted by Gasteiger charge is -2.26. The van der Waals surface area contributed by atoms with Crippen LogP contribution in [0.4, 0.5) is 4.79 Å². The Morgan fingerprint density at radius 2 is 1.90 bits per heavy atom. The van der Waals surface area contributed by atoms with Gasteiger partial charge in [0.1, 0.15) is 0 Å². The Labute approximate surface area is 184 Å². The van der Waals surface area contributed by atoms with Gasteiger partial charge in [-0.25, -0.2) is 0 Å². The van der Waals surface area contributed by atoms with Crippen molar-refractivity contribution in [2.45, 2.75) is 39.2 Å². The van der Waals surface area contributed by atoms with E-state index in [0.717, 1.165) is 76.0 Å². The van der Waals surface area contributed by atoms with Gasteiger partial charge in [0, 0.05) is 25.7 Å². The number of benzene rings is 1. The van der Waals surface area contributed by atoms with Gasteiger partial charge in [0.15, 0.2) is 0 Å². The average Bonchev–Trinajstić information content (AvgIpc) is 3.03. The molecule has 0 saturated carbocycles. The van der Waals surface area contributed by atoms with Crippen LogP contribution in [0.25, 0.3) is 6.08 Å². The fourth-order valence-electron chi connectivity index (χ4n) is 3.59. The van der Waals surface area contributed by atoms with Crippen LogP contribution in [0, 0.1) is 0 Å². The van der Waals surface area contributed by atoms with Gasteiger partial charge in [0.2, 0.25) is 0 Å². The monoisotopic (exact) mass is 431 g/mol. The highest BCUT2D eigenvalue weighted by molar-refractivity contribution is 8.18. The SMILES string of the molecule is CCc1ccc(/C=C2/SC(=O)N(CCC(C)NCCCN3CCOCC3)C2=O)cc1. The van der Waals surface area contributed by atoms with Crippen molar-refractivity contribution in [3.05, 3.63) is 40.3 Å². The van der Waals surface area contributed by atoms with Crippen LogP contribution in [-0.2, 0) is 16.0 Å². The standard InChI is InChI=1S/C23H33N3O3S/c1-3-19-5-7-20(8-6-19)17-21-22(27)26(23(28)30-21)12-9-18(2)24-10-4-11-25-13-15-29-16-14-25/h5-8,17-18,24H,3-4,9-16H2,1-2H3/b21-17+. The second kappa shape index (κ2) is 11.6. The molecule has 2 fully saturated rings. The zero-order chi connectivity index (χ0) is 21.3. The number of aryl methyl sites for hydroxylation is 1. The molecule has 6 nitrogen and oxygen atoms in total. The van der Waals surface area contributed by atoms with Gasteiger partial charge < -0.3 is 10.1 Å². The average molecular weight is 432 g/mol. The molecule has 1 aromatic rings. The number of morpholine rings is 1. The fraction of sp³-hybridized carbons (Fsp3) is 0.565. The van der Waals surface area contributed by atoms with E-state index in [9.17, 15) is 9.59 Å². The number of rotatable bonds is 10. The minimum atomic E-state index is -0.177. The Morgan fingerprint density at radius 3 is 2.60 bits per heavy atom. The molecule has 2 aliphatic heterocycles. The number of nitrogens with one attached hydrogen (secondary N) is 1. The fourth-order valence-corrected chi connectivity index (χ4v) is 4.46. The summed E-state index contributed by atoms with van der Waals surface area (Å²) in [6.45, 7) is 10.4. The molecular formula is C23H33N3O3S. The predicted molar refractivity (Wildman–Crippen MR) is 122 cm³/mol. The highest BCUT2D eigenvalue weighted by Gasteiger charge is 2.34. The van der Waals surface area contributed by atoms with Crippen LogP contribution in [0.1, 0.15) is 37.8 Å². The molecule has 1 aromatic carbocycles. The molecule has 30 heavy (non-hydrogen) atoms. The molecule has 0 aromatic heterocycles. The number of amides is 2. The molecule has 0 aliphatic carbocycles. The third-order valence-electron chi connectivity index (χ3n) is 5.59. The molecule has 0 radical (unpaired) electrons. The van der Waals surface area contributed by atoms with E-state index in [2.05, 4.69) is 36.2 Å². The van der Waals surface area contributed by atoms with Crippen molar-refractivity contribution in [3.8, 4) is 0 Å². The van der Waals surface area contributed by atoms with Crippen LogP contribution >= 0.6 is 11.8 Å². The van der Waals surface area contributed by atoms with E-state index in [-0.39, 0.29) is 17.2 Å². The van der Waals surface area contributed by atoms with E-state index in [4.69, 9.17) is 4.74 Å². The van der Waals surface area contributed by atoms with Gasteiger partial charge in [-0.05, 0) is 68.2 Å². The highest BCUT2D eigenvalue weighted by Crippen LogP contribution is 2.32. The van der Waals surface area contributed by atoms with E-state index in [0.29, 0.717) is 11.4 Å². The maximum Gasteiger partial charge on any atom is 0.293 e. The highest BCUT2D eigenvalue weighted by atomic mass is 32.2. The number of ether oxygens (including phenoxy) is 1. The van der Waals surface area contributed by atoms with Gasteiger partial charge in [-0.1, -0.05) is 31.2 Å². The molecule has 3 rings (SSSR count). The normalized spacial score (nSPS) is 20.3. The molecule has 2 saturated heterocycles. The van der Waals surface area contributed by atoms with Gasteiger partial charge >= 0.3 is 0 Å². The van der Waals surface area contributed by atoms with Gasteiger partial charge in [-0.3, -0.25) is 19.4 Å². The summed E-state index contributed by atoms with van der Waals surface area (Å²) in [5.74, 6) is -0.177. The first-order valence-electron chi connectivity index (χ1n) is 10.9. The number of hydrogen-bond acceptors (Lipinski definition) is 6. The third-order valence-corrected chi connectivity index (χ3v) is 6.50. The van der Waals surface area contributed by atoms with Crippen molar-refractivity contribution >= 4 is 29.0 Å². The first-order chi connectivity index (χ1) is 14.6. The Balaban J connectivity index is 1.40. The van der Waals surface area contributed by atoms with Crippen molar-refractivity contribution in [2.24, 2.45) is 0 Å². The summed E-state index contributed by atoms with van der Waals surface area (Å²) in [5, 5.41) is 3.34. The van der Waals surface area contributed by atoms with Gasteiger partial charge in [0.05, 0.1) is 18.1 Å². The number of imide groups is 1. The first kappa shape index (κ1) is 23.0. The summed E-state index contributed by atoms with van der Waals surface area (Å²) in [6.07, 6.45) is 4.65. The number of hydrogen-bond donors (Lipinski definition) is 1. The van der Waals surface area contributed by atoms with Crippen LogP contribution in [0.15, 0.2) is 29.2 Å².